The number of rotatable bonds is 6. The van der Waals surface area contributed by atoms with Gasteiger partial charge in [-0.1, -0.05) is 35.9 Å². The van der Waals surface area contributed by atoms with Crippen molar-refractivity contribution in [3.8, 4) is 11.5 Å². The number of anilines is 1. The van der Waals surface area contributed by atoms with Crippen LogP contribution in [0, 0.1) is 13.8 Å². The highest BCUT2D eigenvalue weighted by atomic mass is 16.5. The fourth-order valence-electron chi connectivity index (χ4n) is 2.75. The molecule has 0 spiro atoms. The first-order valence-electron chi connectivity index (χ1n) is 8.80. The van der Waals surface area contributed by atoms with E-state index in [1.807, 2.05) is 62.4 Å². The van der Waals surface area contributed by atoms with Gasteiger partial charge in [-0.15, -0.1) is 0 Å². The Labute approximate surface area is 159 Å². The van der Waals surface area contributed by atoms with Crippen molar-refractivity contribution in [2.45, 2.75) is 20.5 Å². The number of aryl methyl sites for hydroxylation is 2. The van der Waals surface area contributed by atoms with Crippen molar-refractivity contribution < 1.29 is 14.3 Å². The van der Waals surface area contributed by atoms with Crippen molar-refractivity contribution in [2.75, 3.05) is 12.4 Å². The van der Waals surface area contributed by atoms with E-state index in [4.69, 9.17) is 9.47 Å². The van der Waals surface area contributed by atoms with Crippen LogP contribution in [0.3, 0.4) is 0 Å². The summed E-state index contributed by atoms with van der Waals surface area (Å²) < 4.78 is 11.3. The number of para-hydroxylation sites is 1. The van der Waals surface area contributed by atoms with Crippen LogP contribution in [-0.4, -0.2) is 13.0 Å². The molecule has 4 heteroatoms. The number of carbonyl (C=O) groups is 1. The van der Waals surface area contributed by atoms with E-state index in [2.05, 4.69) is 5.32 Å². The Morgan fingerprint density at radius 1 is 0.926 bits per heavy atom. The average molecular weight is 361 g/mol. The molecule has 138 valence electrons. The Morgan fingerprint density at radius 2 is 1.67 bits per heavy atom. The number of hydrogen-bond acceptors (Lipinski definition) is 3. The second kappa shape index (κ2) is 8.41. The first-order chi connectivity index (χ1) is 13.1. The van der Waals surface area contributed by atoms with Crippen molar-refractivity contribution in [1.29, 1.82) is 0 Å². The van der Waals surface area contributed by atoms with E-state index in [1.54, 1.807) is 25.3 Å². The minimum absolute atomic E-state index is 0.168. The fourth-order valence-corrected chi connectivity index (χ4v) is 2.75. The van der Waals surface area contributed by atoms with Gasteiger partial charge in [0.1, 0.15) is 18.1 Å². The molecule has 0 unspecified atom stereocenters. The predicted molar refractivity (Wildman–Crippen MR) is 108 cm³/mol. The monoisotopic (exact) mass is 361 g/mol. The van der Waals surface area contributed by atoms with E-state index in [0.717, 1.165) is 28.1 Å². The zero-order valence-corrected chi connectivity index (χ0v) is 15.8. The average Bonchev–Trinajstić information content (AvgIpc) is 2.69. The van der Waals surface area contributed by atoms with Gasteiger partial charge in [-0.2, -0.15) is 0 Å². The highest BCUT2D eigenvalue weighted by Crippen LogP contribution is 2.24. The third-order valence-corrected chi connectivity index (χ3v) is 4.33. The summed E-state index contributed by atoms with van der Waals surface area (Å²) in [5.41, 5.74) is 4.34. The lowest BCUT2D eigenvalue weighted by Crippen LogP contribution is -2.13. The summed E-state index contributed by atoms with van der Waals surface area (Å²) in [5.74, 6) is 1.34. The van der Waals surface area contributed by atoms with Crippen LogP contribution >= 0.6 is 0 Å². The minimum Gasteiger partial charge on any atom is -0.496 e. The molecule has 0 heterocycles. The van der Waals surface area contributed by atoms with Crippen LogP contribution in [0.2, 0.25) is 0 Å². The molecule has 1 amide bonds. The van der Waals surface area contributed by atoms with Gasteiger partial charge >= 0.3 is 0 Å². The molecule has 0 aliphatic heterocycles. The van der Waals surface area contributed by atoms with Gasteiger partial charge in [0.25, 0.3) is 5.91 Å². The Balaban J connectivity index is 1.77. The summed E-state index contributed by atoms with van der Waals surface area (Å²) in [6.07, 6.45) is 0. The molecule has 0 aromatic heterocycles. The van der Waals surface area contributed by atoms with Crippen molar-refractivity contribution in [3.05, 3.63) is 89.0 Å². The standard InChI is InChI=1S/C23H23NO3/c1-16-8-11-20(12-9-16)24-23(25)18-10-13-22(26-3)19(14-18)15-27-21-7-5-4-6-17(21)2/h4-14H,15H2,1-3H3,(H,24,25). The lowest BCUT2D eigenvalue weighted by atomic mass is 10.1. The molecule has 0 saturated carbocycles. The van der Waals surface area contributed by atoms with Crippen LogP contribution in [0.25, 0.3) is 0 Å². The minimum atomic E-state index is -0.168. The normalized spacial score (nSPS) is 10.3. The Morgan fingerprint density at radius 3 is 2.37 bits per heavy atom. The largest absolute Gasteiger partial charge is 0.496 e. The van der Waals surface area contributed by atoms with E-state index >= 15 is 0 Å². The van der Waals surface area contributed by atoms with Crippen LogP contribution in [-0.2, 0) is 6.61 Å². The molecule has 3 aromatic carbocycles. The first-order valence-corrected chi connectivity index (χ1v) is 8.80. The van der Waals surface area contributed by atoms with Gasteiger partial charge in [0.05, 0.1) is 7.11 Å². The molecular formula is C23H23NO3. The second-order valence-corrected chi connectivity index (χ2v) is 6.40. The van der Waals surface area contributed by atoms with Crippen molar-refractivity contribution in [3.63, 3.8) is 0 Å². The van der Waals surface area contributed by atoms with Crippen LogP contribution in [0.15, 0.2) is 66.7 Å². The number of hydrogen-bond donors (Lipinski definition) is 1. The highest BCUT2D eigenvalue weighted by molar-refractivity contribution is 6.04. The molecule has 3 rings (SSSR count). The van der Waals surface area contributed by atoms with Crippen molar-refractivity contribution in [1.82, 2.24) is 0 Å². The van der Waals surface area contributed by atoms with E-state index in [9.17, 15) is 4.79 Å². The fraction of sp³-hybridized carbons (Fsp3) is 0.174. The molecule has 0 atom stereocenters. The highest BCUT2D eigenvalue weighted by Gasteiger charge is 2.12. The molecule has 0 radical (unpaired) electrons. The zero-order valence-electron chi connectivity index (χ0n) is 15.8. The summed E-state index contributed by atoms with van der Waals surface area (Å²) in [5, 5.41) is 2.91. The zero-order chi connectivity index (χ0) is 19.2. The smallest absolute Gasteiger partial charge is 0.255 e. The molecule has 0 aliphatic carbocycles. The lowest BCUT2D eigenvalue weighted by Gasteiger charge is -2.13. The molecule has 3 aromatic rings. The summed E-state index contributed by atoms with van der Waals surface area (Å²) in [4.78, 5) is 12.6. The topological polar surface area (TPSA) is 47.6 Å². The molecule has 1 N–H and O–H groups in total. The number of amides is 1. The van der Waals surface area contributed by atoms with Crippen LogP contribution in [0.4, 0.5) is 5.69 Å². The molecule has 0 saturated heterocycles. The maximum Gasteiger partial charge on any atom is 0.255 e. The maximum absolute atomic E-state index is 12.6. The van der Waals surface area contributed by atoms with Gasteiger partial charge in [-0.05, 0) is 55.8 Å². The van der Waals surface area contributed by atoms with E-state index in [0.29, 0.717) is 17.9 Å². The molecular weight excluding hydrogens is 338 g/mol. The molecule has 0 aliphatic rings. The van der Waals surface area contributed by atoms with Gasteiger partial charge in [0, 0.05) is 16.8 Å². The van der Waals surface area contributed by atoms with Gasteiger partial charge in [0.2, 0.25) is 0 Å². The van der Waals surface area contributed by atoms with Gasteiger partial charge < -0.3 is 14.8 Å². The summed E-state index contributed by atoms with van der Waals surface area (Å²) in [7, 11) is 1.61. The molecule has 0 bridgehead atoms. The summed E-state index contributed by atoms with van der Waals surface area (Å²) >= 11 is 0. The van der Waals surface area contributed by atoms with Gasteiger partial charge in [-0.25, -0.2) is 0 Å². The number of carbonyl (C=O) groups excluding carboxylic acids is 1. The molecule has 0 fully saturated rings. The van der Waals surface area contributed by atoms with Crippen LogP contribution in [0.1, 0.15) is 27.0 Å². The second-order valence-electron chi connectivity index (χ2n) is 6.40. The molecule has 27 heavy (non-hydrogen) atoms. The van der Waals surface area contributed by atoms with Crippen molar-refractivity contribution in [2.24, 2.45) is 0 Å². The SMILES string of the molecule is COc1ccc(C(=O)Nc2ccc(C)cc2)cc1COc1ccccc1C. The van der Waals surface area contributed by atoms with Crippen molar-refractivity contribution >= 4 is 11.6 Å². The van der Waals surface area contributed by atoms with E-state index in [-0.39, 0.29) is 5.91 Å². The van der Waals surface area contributed by atoms with Gasteiger partial charge in [0.15, 0.2) is 0 Å². The Bertz CT molecular complexity index is 933. The number of ether oxygens (including phenoxy) is 2. The maximum atomic E-state index is 12.6. The number of nitrogens with one attached hydrogen (secondary N) is 1. The number of benzene rings is 3. The lowest BCUT2D eigenvalue weighted by molar-refractivity contribution is 0.102. The number of methoxy groups -OCH3 is 1. The van der Waals surface area contributed by atoms with Crippen LogP contribution in [0.5, 0.6) is 11.5 Å². The summed E-state index contributed by atoms with van der Waals surface area (Å²) in [6.45, 7) is 4.33. The summed E-state index contributed by atoms with van der Waals surface area (Å²) in [6, 6.07) is 20.9. The Kier molecular flexibility index (Phi) is 5.77. The van der Waals surface area contributed by atoms with E-state index in [1.165, 1.54) is 0 Å². The van der Waals surface area contributed by atoms with Gasteiger partial charge in [-0.3, -0.25) is 4.79 Å². The Hall–Kier alpha value is -3.27. The third-order valence-electron chi connectivity index (χ3n) is 4.33. The predicted octanol–water partition coefficient (Wildman–Crippen LogP) is 5.14. The van der Waals surface area contributed by atoms with E-state index < -0.39 is 0 Å². The third kappa shape index (κ3) is 4.67. The molecule has 4 nitrogen and oxygen atoms in total. The van der Waals surface area contributed by atoms with Crippen LogP contribution < -0.4 is 14.8 Å². The quantitative estimate of drug-likeness (QED) is 0.661. The first kappa shape index (κ1) is 18.5.